The molecule has 0 saturated heterocycles. The number of hydrogen-bond donors (Lipinski definition) is 0. The highest BCUT2D eigenvalue weighted by molar-refractivity contribution is 7.16. The van der Waals surface area contributed by atoms with Gasteiger partial charge in [-0.1, -0.05) is 50.1 Å². The quantitative estimate of drug-likeness (QED) is 0.252. The van der Waals surface area contributed by atoms with Crippen molar-refractivity contribution in [3.63, 3.8) is 0 Å². The van der Waals surface area contributed by atoms with Crippen molar-refractivity contribution in [2.45, 2.75) is 46.6 Å². The molecule has 0 radical (unpaired) electrons. The molecule has 0 aliphatic carbocycles. The standard InChI is InChI=1S/C26H27N5S/c1-4-5-9-14-31(18-21-10-7-6-8-11-21)22-12-13-24(19(2)15-22)29-30-26-23(16-27)20(3)25(17-28)32-26/h6-8,10-13,15H,4-5,9,14,18H2,1-3H3. The highest BCUT2D eigenvalue weighted by Crippen LogP contribution is 2.36. The normalized spacial score (nSPS) is 10.8. The Labute approximate surface area is 194 Å². The van der Waals surface area contributed by atoms with Crippen molar-refractivity contribution in [3.05, 3.63) is 75.7 Å². The molecule has 6 heteroatoms. The van der Waals surface area contributed by atoms with E-state index in [1.807, 2.05) is 19.1 Å². The molecule has 0 N–H and O–H groups in total. The average Bonchev–Trinajstić information content (AvgIpc) is 3.12. The topological polar surface area (TPSA) is 75.5 Å². The summed E-state index contributed by atoms with van der Waals surface area (Å²) in [4.78, 5) is 2.92. The first-order valence-electron chi connectivity index (χ1n) is 10.8. The smallest absolute Gasteiger partial charge is 0.158 e. The first-order valence-corrected chi connectivity index (χ1v) is 11.6. The van der Waals surface area contributed by atoms with Gasteiger partial charge in [-0.2, -0.15) is 10.5 Å². The van der Waals surface area contributed by atoms with E-state index in [1.165, 1.54) is 29.7 Å². The predicted molar refractivity (Wildman–Crippen MR) is 131 cm³/mol. The molecule has 32 heavy (non-hydrogen) atoms. The number of rotatable bonds is 9. The van der Waals surface area contributed by atoms with Crippen LogP contribution in [0.3, 0.4) is 0 Å². The molecule has 3 rings (SSSR count). The molecule has 0 aliphatic heterocycles. The molecule has 0 spiro atoms. The number of nitrogens with zero attached hydrogens (tertiary/aromatic N) is 5. The van der Waals surface area contributed by atoms with Gasteiger partial charge in [0.25, 0.3) is 0 Å². The van der Waals surface area contributed by atoms with E-state index in [-0.39, 0.29) is 0 Å². The van der Waals surface area contributed by atoms with Crippen LogP contribution < -0.4 is 4.90 Å². The van der Waals surface area contributed by atoms with Crippen molar-refractivity contribution in [1.29, 1.82) is 10.5 Å². The zero-order valence-corrected chi connectivity index (χ0v) is 19.6. The molecule has 0 fully saturated rings. The van der Waals surface area contributed by atoms with Crippen LogP contribution in [-0.2, 0) is 6.54 Å². The lowest BCUT2D eigenvalue weighted by Crippen LogP contribution is -2.24. The fraction of sp³-hybridized carbons (Fsp3) is 0.308. The molecule has 0 amide bonds. The van der Waals surface area contributed by atoms with Gasteiger partial charge < -0.3 is 4.90 Å². The number of azo groups is 1. The third kappa shape index (κ3) is 5.60. The third-order valence-corrected chi connectivity index (χ3v) is 6.46. The lowest BCUT2D eigenvalue weighted by molar-refractivity contribution is 0.674. The Morgan fingerprint density at radius 1 is 0.969 bits per heavy atom. The molecular weight excluding hydrogens is 414 g/mol. The molecule has 0 atom stereocenters. The van der Waals surface area contributed by atoms with Crippen molar-refractivity contribution in [2.24, 2.45) is 10.2 Å². The summed E-state index contributed by atoms with van der Waals surface area (Å²) in [6.45, 7) is 7.88. The van der Waals surface area contributed by atoms with Crippen LogP contribution in [0.15, 0.2) is 58.8 Å². The lowest BCUT2D eigenvalue weighted by Gasteiger charge is -2.25. The van der Waals surface area contributed by atoms with Crippen LogP contribution in [0.2, 0.25) is 0 Å². The summed E-state index contributed by atoms with van der Waals surface area (Å²) in [6.07, 6.45) is 3.56. The van der Waals surface area contributed by atoms with Crippen LogP contribution in [-0.4, -0.2) is 6.54 Å². The first-order chi connectivity index (χ1) is 15.6. The monoisotopic (exact) mass is 441 g/mol. The zero-order valence-electron chi connectivity index (χ0n) is 18.8. The SMILES string of the molecule is CCCCCN(Cc1ccccc1)c1ccc(N=Nc2sc(C#N)c(C)c2C#N)c(C)c1. The Morgan fingerprint density at radius 3 is 2.41 bits per heavy atom. The van der Waals surface area contributed by atoms with Gasteiger partial charge in [0.15, 0.2) is 5.00 Å². The molecule has 1 heterocycles. The highest BCUT2D eigenvalue weighted by atomic mass is 32.1. The number of anilines is 1. The summed E-state index contributed by atoms with van der Waals surface area (Å²) < 4.78 is 0. The summed E-state index contributed by atoms with van der Waals surface area (Å²) in [5.74, 6) is 0. The molecule has 0 aliphatic rings. The van der Waals surface area contributed by atoms with Gasteiger partial charge in [-0.15, -0.1) is 21.6 Å². The Bertz CT molecular complexity index is 1170. The van der Waals surface area contributed by atoms with E-state index >= 15 is 0 Å². The summed E-state index contributed by atoms with van der Waals surface area (Å²) in [5, 5.41) is 27.8. The maximum absolute atomic E-state index is 9.41. The van der Waals surface area contributed by atoms with Gasteiger partial charge in [0.05, 0.1) is 11.3 Å². The summed E-state index contributed by atoms with van der Waals surface area (Å²) in [5.41, 5.74) is 5.33. The van der Waals surface area contributed by atoms with Gasteiger partial charge in [0.1, 0.15) is 17.0 Å². The molecule has 162 valence electrons. The van der Waals surface area contributed by atoms with Crippen molar-refractivity contribution in [2.75, 3.05) is 11.4 Å². The molecule has 5 nitrogen and oxygen atoms in total. The largest absolute Gasteiger partial charge is 0.367 e. The van der Waals surface area contributed by atoms with E-state index in [2.05, 4.69) is 70.6 Å². The van der Waals surface area contributed by atoms with E-state index in [0.29, 0.717) is 21.0 Å². The minimum absolute atomic E-state index is 0.425. The van der Waals surface area contributed by atoms with E-state index in [1.54, 1.807) is 6.92 Å². The second-order valence-corrected chi connectivity index (χ2v) is 8.74. The van der Waals surface area contributed by atoms with Crippen LogP contribution in [0.4, 0.5) is 16.4 Å². The third-order valence-electron chi connectivity index (χ3n) is 5.38. The Morgan fingerprint density at radius 2 is 1.75 bits per heavy atom. The van der Waals surface area contributed by atoms with Crippen molar-refractivity contribution in [3.8, 4) is 12.1 Å². The number of thiophene rings is 1. The lowest BCUT2D eigenvalue weighted by atomic mass is 10.1. The molecule has 0 saturated carbocycles. The second kappa shape index (κ2) is 11.2. The fourth-order valence-corrected chi connectivity index (χ4v) is 4.39. The molecule has 0 bridgehead atoms. The number of unbranched alkanes of at least 4 members (excludes halogenated alkanes) is 2. The van der Waals surface area contributed by atoms with Gasteiger partial charge in [0, 0.05) is 18.8 Å². The molecular formula is C26H27N5S. The van der Waals surface area contributed by atoms with Crippen LogP contribution in [0, 0.1) is 36.5 Å². The summed E-state index contributed by atoms with van der Waals surface area (Å²) in [7, 11) is 0. The van der Waals surface area contributed by atoms with E-state index in [4.69, 9.17) is 0 Å². The maximum Gasteiger partial charge on any atom is 0.158 e. The van der Waals surface area contributed by atoms with Crippen LogP contribution in [0.1, 0.15) is 53.3 Å². The Balaban J connectivity index is 1.84. The molecule has 3 aromatic rings. The Hall–Kier alpha value is -3.48. The van der Waals surface area contributed by atoms with Gasteiger partial charge in [-0.05, 0) is 55.2 Å². The maximum atomic E-state index is 9.41. The van der Waals surface area contributed by atoms with Gasteiger partial charge in [-0.3, -0.25) is 0 Å². The number of hydrogen-bond acceptors (Lipinski definition) is 6. The minimum atomic E-state index is 0.425. The van der Waals surface area contributed by atoms with Gasteiger partial charge >= 0.3 is 0 Å². The highest BCUT2D eigenvalue weighted by Gasteiger charge is 2.15. The summed E-state index contributed by atoms with van der Waals surface area (Å²) in [6, 6.07) is 21.0. The van der Waals surface area contributed by atoms with E-state index < -0.39 is 0 Å². The van der Waals surface area contributed by atoms with Crippen LogP contribution >= 0.6 is 11.3 Å². The van der Waals surface area contributed by atoms with Crippen molar-refractivity contribution >= 4 is 27.7 Å². The van der Waals surface area contributed by atoms with Crippen LogP contribution in [0.25, 0.3) is 0 Å². The number of aryl methyl sites for hydroxylation is 1. The fourth-order valence-electron chi connectivity index (χ4n) is 3.51. The van der Waals surface area contributed by atoms with Crippen LogP contribution in [0.5, 0.6) is 0 Å². The zero-order chi connectivity index (χ0) is 22.9. The molecule has 0 unspecified atom stereocenters. The van der Waals surface area contributed by atoms with E-state index in [9.17, 15) is 10.5 Å². The van der Waals surface area contributed by atoms with Crippen molar-refractivity contribution < 1.29 is 0 Å². The average molecular weight is 442 g/mol. The minimum Gasteiger partial charge on any atom is -0.367 e. The Kier molecular flexibility index (Phi) is 8.14. The number of benzene rings is 2. The molecule has 1 aromatic heterocycles. The molecule has 2 aromatic carbocycles. The van der Waals surface area contributed by atoms with Gasteiger partial charge in [0.2, 0.25) is 0 Å². The van der Waals surface area contributed by atoms with Crippen molar-refractivity contribution in [1.82, 2.24) is 0 Å². The van der Waals surface area contributed by atoms with Gasteiger partial charge in [-0.25, -0.2) is 0 Å². The number of nitriles is 2. The predicted octanol–water partition coefficient (Wildman–Crippen LogP) is 7.72. The van der Waals surface area contributed by atoms with E-state index in [0.717, 1.165) is 36.4 Å². The summed E-state index contributed by atoms with van der Waals surface area (Å²) >= 11 is 1.20. The second-order valence-electron chi connectivity index (χ2n) is 7.74. The first kappa shape index (κ1) is 23.2.